The lowest BCUT2D eigenvalue weighted by molar-refractivity contribution is -0.0564. The molecule has 4 nitrogen and oxygen atoms in total. The summed E-state index contributed by atoms with van der Waals surface area (Å²) in [6.45, 7) is 7.98. The molecule has 0 bridgehead atoms. The lowest BCUT2D eigenvalue weighted by Crippen LogP contribution is -2.47. The van der Waals surface area contributed by atoms with Gasteiger partial charge >= 0.3 is 0 Å². The Bertz CT molecular complexity index is 505. The van der Waals surface area contributed by atoms with Gasteiger partial charge in [0.25, 0.3) is 0 Å². The molecule has 0 aliphatic carbocycles. The minimum Gasteiger partial charge on any atom is -0.490 e. The van der Waals surface area contributed by atoms with Gasteiger partial charge in [-0.05, 0) is 26.0 Å². The summed E-state index contributed by atoms with van der Waals surface area (Å²) in [4.78, 5) is 2.41. The summed E-state index contributed by atoms with van der Waals surface area (Å²) >= 11 is 0. The van der Waals surface area contributed by atoms with E-state index in [4.69, 9.17) is 15.2 Å². The SMILES string of the molecule is CC(C)N1CCOC(COc2ccccc2C#CCN)C1. The average molecular weight is 288 g/mol. The number of morpholine rings is 1. The Kier molecular flexibility index (Phi) is 6.06. The lowest BCUT2D eigenvalue weighted by atomic mass is 10.2. The van der Waals surface area contributed by atoms with Crippen LogP contribution < -0.4 is 10.5 Å². The smallest absolute Gasteiger partial charge is 0.135 e. The Hall–Kier alpha value is -1.54. The number of ether oxygens (including phenoxy) is 2. The fourth-order valence-corrected chi connectivity index (χ4v) is 2.34. The van der Waals surface area contributed by atoms with Crippen LogP contribution in [0.15, 0.2) is 24.3 Å². The van der Waals surface area contributed by atoms with Crippen molar-refractivity contribution in [1.29, 1.82) is 0 Å². The van der Waals surface area contributed by atoms with Crippen LogP contribution in [0.4, 0.5) is 0 Å². The Morgan fingerprint density at radius 1 is 1.43 bits per heavy atom. The molecule has 2 N–H and O–H groups in total. The molecule has 21 heavy (non-hydrogen) atoms. The van der Waals surface area contributed by atoms with E-state index in [-0.39, 0.29) is 6.10 Å². The molecule has 1 fully saturated rings. The van der Waals surface area contributed by atoms with Gasteiger partial charge in [0.15, 0.2) is 0 Å². The average Bonchev–Trinajstić information content (AvgIpc) is 2.52. The number of hydrogen-bond donors (Lipinski definition) is 1. The maximum atomic E-state index is 5.91. The Balaban J connectivity index is 1.94. The molecular formula is C17H24N2O2. The molecule has 1 atom stereocenters. The molecule has 1 aromatic carbocycles. The molecule has 0 spiro atoms. The number of para-hydroxylation sites is 1. The quantitative estimate of drug-likeness (QED) is 0.853. The summed E-state index contributed by atoms with van der Waals surface area (Å²) in [5.41, 5.74) is 6.30. The van der Waals surface area contributed by atoms with Crippen molar-refractivity contribution in [2.45, 2.75) is 26.0 Å². The van der Waals surface area contributed by atoms with Crippen molar-refractivity contribution in [2.24, 2.45) is 5.73 Å². The normalized spacial score (nSPS) is 19.1. The third kappa shape index (κ3) is 4.75. The summed E-state index contributed by atoms with van der Waals surface area (Å²) in [7, 11) is 0. The van der Waals surface area contributed by atoms with Gasteiger partial charge in [-0.25, -0.2) is 0 Å². The molecular weight excluding hydrogens is 264 g/mol. The molecule has 0 amide bonds. The van der Waals surface area contributed by atoms with E-state index in [2.05, 4.69) is 30.6 Å². The van der Waals surface area contributed by atoms with Crippen molar-refractivity contribution in [2.75, 3.05) is 32.8 Å². The van der Waals surface area contributed by atoms with E-state index in [1.807, 2.05) is 24.3 Å². The minimum absolute atomic E-state index is 0.108. The molecule has 114 valence electrons. The first kappa shape index (κ1) is 15.8. The topological polar surface area (TPSA) is 47.7 Å². The maximum Gasteiger partial charge on any atom is 0.135 e. The third-order valence-corrected chi connectivity index (χ3v) is 3.54. The van der Waals surface area contributed by atoms with E-state index >= 15 is 0 Å². The van der Waals surface area contributed by atoms with Crippen LogP contribution in [0.5, 0.6) is 5.75 Å². The monoisotopic (exact) mass is 288 g/mol. The van der Waals surface area contributed by atoms with Crippen molar-refractivity contribution in [3.05, 3.63) is 29.8 Å². The molecule has 1 heterocycles. The van der Waals surface area contributed by atoms with Crippen LogP contribution in [0.3, 0.4) is 0 Å². The zero-order chi connectivity index (χ0) is 15.1. The summed E-state index contributed by atoms with van der Waals surface area (Å²) < 4.78 is 11.7. The Morgan fingerprint density at radius 3 is 3.00 bits per heavy atom. The highest BCUT2D eigenvalue weighted by molar-refractivity contribution is 5.45. The molecule has 1 unspecified atom stereocenters. The van der Waals surface area contributed by atoms with Gasteiger partial charge in [-0.2, -0.15) is 0 Å². The van der Waals surface area contributed by atoms with E-state index in [1.54, 1.807) is 0 Å². The van der Waals surface area contributed by atoms with E-state index in [0.29, 0.717) is 19.2 Å². The predicted octanol–water partition coefficient (Wildman–Crippen LogP) is 1.48. The Labute approximate surface area is 127 Å². The molecule has 0 radical (unpaired) electrons. The second kappa shape index (κ2) is 8.04. The van der Waals surface area contributed by atoms with E-state index in [0.717, 1.165) is 31.0 Å². The first-order valence-electron chi connectivity index (χ1n) is 7.47. The highest BCUT2D eigenvalue weighted by Crippen LogP contribution is 2.18. The first-order chi connectivity index (χ1) is 10.2. The largest absolute Gasteiger partial charge is 0.490 e. The molecule has 1 aliphatic heterocycles. The van der Waals surface area contributed by atoms with Gasteiger partial charge in [-0.1, -0.05) is 24.0 Å². The van der Waals surface area contributed by atoms with Gasteiger partial charge in [0.2, 0.25) is 0 Å². The number of hydrogen-bond acceptors (Lipinski definition) is 4. The van der Waals surface area contributed by atoms with Crippen LogP contribution in [0.2, 0.25) is 0 Å². The highest BCUT2D eigenvalue weighted by atomic mass is 16.5. The van der Waals surface area contributed by atoms with Crippen LogP contribution in [-0.4, -0.2) is 49.9 Å². The first-order valence-corrected chi connectivity index (χ1v) is 7.47. The summed E-state index contributed by atoms with van der Waals surface area (Å²) in [6, 6.07) is 8.32. The van der Waals surface area contributed by atoms with Gasteiger partial charge in [-0.3, -0.25) is 4.90 Å². The van der Waals surface area contributed by atoms with E-state index in [9.17, 15) is 0 Å². The second-order valence-corrected chi connectivity index (χ2v) is 5.39. The molecule has 1 saturated heterocycles. The zero-order valence-electron chi connectivity index (χ0n) is 12.8. The minimum atomic E-state index is 0.108. The van der Waals surface area contributed by atoms with Crippen molar-refractivity contribution >= 4 is 0 Å². The van der Waals surface area contributed by atoms with Crippen molar-refractivity contribution < 1.29 is 9.47 Å². The number of rotatable bonds is 4. The van der Waals surface area contributed by atoms with Gasteiger partial charge in [-0.15, -0.1) is 0 Å². The molecule has 2 rings (SSSR count). The summed E-state index contributed by atoms with van der Waals surface area (Å²) in [6.07, 6.45) is 0.108. The lowest BCUT2D eigenvalue weighted by Gasteiger charge is -2.35. The summed E-state index contributed by atoms with van der Waals surface area (Å²) in [5, 5.41) is 0. The van der Waals surface area contributed by atoms with Crippen molar-refractivity contribution in [3.63, 3.8) is 0 Å². The van der Waals surface area contributed by atoms with Crippen molar-refractivity contribution in [1.82, 2.24) is 4.90 Å². The molecule has 0 saturated carbocycles. The van der Waals surface area contributed by atoms with Crippen LogP contribution in [0.1, 0.15) is 19.4 Å². The zero-order valence-corrected chi connectivity index (χ0v) is 12.8. The highest BCUT2D eigenvalue weighted by Gasteiger charge is 2.22. The maximum absolute atomic E-state index is 5.91. The van der Waals surface area contributed by atoms with Crippen LogP contribution >= 0.6 is 0 Å². The van der Waals surface area contributed by atoms with Gasteiger partial charge in [0.05, 0.1) is 18.7 Å². The number of nitrogens with two attached hydrogens (primary N) is 1. The van der Waals surface area contributed by atoms with Gasteiger partial charge in [0, 0.05) is 19.1 Å². The second-order valence-electron chi connectivity index (χ2n) is 5.39. The number of benzene rings is 1. The standard InChI is InChI=1S/C17H24N2O2/c1-14(2)19-10-11-20-16(12-19)13-21-17-8-4-3-6-15(17)7-5-9-18/h3-4,6,8,14,16H,9-13,18H2,1-2H3. The molecule has 1 aromatic rings. The van der Waals surface area contributed by atoms with Crippen molar-refractivity contribution in [3.8, 4) is 17.6 Å². The predicted molar refractivity (Wildman–Crippen MR) is 84.3 cm³/mol. The molecule has 0 aromatic heterocycles. The third-order valence-electron chi connectivity index (χ3n) is 3.54. The van der Waals surface area contributed by atoms with Crippen LogP contribution in [0, 0.1) is 11.8 Å². The Morgan fingerprint density at radius 2 is 2.24 bits per heavy atom. The fraction of sp³-hybridized carbons (Fsp3) is 0.529. The molecule has 4 heteroatoms. The van der Waals surface area contributed by atoms with Crippen LogP contribution in [0.25, 0.3) is 0 Å². The van der Waals surface area contributed by atoms with Gasteiger partial charge in [0.1, 0.15) is 18.5 Å². The van der Waals surface area contributed by atoms with Crippen LogP contribution in [-0.2, 0) is 4.74 Å². The summed E-state index contributed by atoms with van der Waals surface area (Å²) in [5.74, 6) is 6.69. The number of nitrogens with zero attached hydrogens (tertiary/aromatic N) is 1. The van der Waals surface area contributed by atoms with E-state index in [1.165, 1.54) is 0 Å². The fourth-order valence-electron chi connectivity index (χ4n) is 2.34. The van der Waals surface area contributed by atoms with Gasteiger partial charge < -0.3 is 15.2 Å². The molecule has 1 aliphatic rings. The van der Waals surface area contributed by atoms with E-state index < -0.39 is 0 Å².